The van der Waals surface area contributed by atoms with Crippen LogP contribution in [-0.2, 0) is 14.3 Å². The number of likely N-dealkylation sites (N-methyl/N-ethyl adjacent to an activating group) is 1. The molecule has 0 fully saturated rings. The van der Waals surface area contributed by atoms with Crippen molar-refractivity contribution in [3.63, 3.8) is 0 Å². The molecular weight excluding hydrogens is 242 g/mol. The zero-order chi connectivity index (χ0) is 14.0. The molecule has 4 N–H and O–H groups in total. The van der Waals surface area contributed by atoms with Gasteiger partial charge in [0.2, 0.25) is 5.91 Å². The first-order chi connectivity index (χ1) is 8.51. The predicted molar refractivity (Wildman–Crippen MR) is 63.1 cm³/mol. The molecule has 8 nitrogen and oxygen atoms in total. The second kappa shape index (κ2) is 9.23. The van der Waals surface area contributed by atoms with Crippen molar-refractivity contribution in [2.75, 3.05) is 26.8 Å². The van der Waals surface area contributed by atoms with E-state index < -0.39 is 18.0 Å². The van der Waals surface area contributed by atoms with Gasteiger partial charge in [0.05, 0.1) is 6.54 Å². The molecule has 0 bridgehead atoms. The molecule has 0 spiro atoms. The van der Waals surface area contributed by atoms with Crippen LogP contribution in [0, 0.1) is 0 Å². The molecule has 3 amide bonds. The van der Waals surface area contributed by atoms with E-state index in [1.807, 2.05) is 0 Å². The van der Waals surface area contributed by atoms with Gasteiger partial charge in [0, 0.05) is 26.7 Å². The minimum atomic E-state index is -1.15. The summed E-state index contributed by atoms with van der Waals surface area (Å²) < 4.78 is 4.74. The third-order valence-electron chi connectivity index (χ3n) is 2.00. The zero-order valence-corrected chi connectivity index (χ0v) is 10.5. The van der Waals surface area contributed by atoms with Crippen LogP contribution in [0.2, 0.25) is 0 Å². The Labute approximate surface area is 105 Å². The first-order valence-electron chi connectivity index (χ1n) is 5.54. The number of aliphatic carboxylic acids is 1. The molecule has 8 heteroatoms. The molecule has 0 aliphatic heterocycles. The molecule has 0 aliphatic rings. The van der Waals surface area contributed by atoms with Gasteiger partial charge in [-0.3, -0.25) is 4.79 Å². The van der Waals surface area contributed by atoms with Gasteiger partial charge >= 0.3 is 12.0 Å². The van der Waals surface area contributed by atoms with E-state index in [9.17, 15) is 14.4 Å². The first-order valence-corrected chi connectivity index (χ1v) is 5.54. The van der Waals surface area contributed by atoms with Gasteiger partial charge in [0.15, 0.2) is 0 Å². The van der Waals surface area contributed by atoms with Crippen LogP contribution >= 0.6 is 0 Å². The summed E-state index contributed by atoms with van der Waals surface area (Å²) in [6.07, 6.45) is 0.153. The Balaban J connectivity index is 4.02. The molecule has 0 aromatic carbocycles. The Morgan fingerprint density at radius 1 is 1.28 bits per heavy atom. The van der Waals surface area contributed by atoms with Crippen molar-refractivity contribution >= 4 is 17.9 Å². The number of carboxylic acids is 1. The molecule has 1 unspecified atom stereocenters. The molecule has 0 aromatic rings. The van der Waals surface area contributed by atoms with E-state index in [-0.39, 0.29) is 25.5 Å². The Kier molecular flexibility index (Phi) is 8.29. The predicted octanol–water partition coefficient (Wildman–Crippen LogP) is -1.09. The van der Waals surface area contributed by atoms with Gasteiger partial charge in [0.25, 0.3) is 0 Å². The second-order valence-electron chi connectivity index (χ2n) is 3.45. The topological polar surface area (TPSA) is 117 Å². The molecule has 18 heavy (non-hydrogen) atoms. The quantitative estimate of drug-likeness (QED) is 0.443. The molecule has 0 aliphatic carbocycles. The largest absolute Gasteiger partial charge is 0.480 e. The van der Waals surface area contributed by atoms with Crippen molar-refractivity contribution in [3.05, 3.63) is 0 Å². The van der Waals surface area contributed by atoms with Crippen LogP contribution in [0.4, 0.5) is 4.79 Å². The fourth-order valence-corrected chi connectivity index (χ4v) is 1.12. The van der Waals surface area contributed by atoms with Crippen molar-refractivity contribution in [2.45, 2.75) is 19.4 Å². The maximum atomic E-state index is 11.3. The second-order valence-corrected chi connectivity index (χ2v) is 3.45. The number of nitrogens with one attached hydrogen (secondary N) is 3. The molecule has 0 saturated carbocycles. The van der Waals surface area contributed by atoms with Crippen LogP contribution in [0.15, 0.2) is 0 Å². The summed E-state index contributed by atoms with van der Waals surface area (Å²) in [5, 5.41) is 15.8. The molecule has 0 heterocycles. The van der Waals surface area contributed by atoms with E-state index in [1.54, 1.807) is 6.92 Å². The number of rotatable bonds is 8. The molecule has 104 valence electrons. The van der Waals surface area contributed by atoms with Gasteiger partial charge in [-0.1, -0.05) is 0 Å². The number of carbonyl (C=O) groups excluding carboxylic acids is 2. The Morgan fingerprint density at radius 3 is 2.44 bits per heavy atom. The summed E-state index contributed by atoms with van der Waals surface area (Å²) in [7, 11) is 1.44. The lowest BCUT2D eigenvalue weighted by Gasteiger charge is -2.14. The van der Waals surface area contributed by atoms with E-state index >= 15 is 0 Å². The number of carbonyl (C=O) groups is 3. The number of hydrogen-bond donors (Lipinski definition) is 4. The highest BCUT2D eigenvalue weighted by atomic mass is 16.5. The lowest BCUT2D eigenvalue weighted by molar-refractivity contribution is -0.139. The van der Waals surface area contributed by atoms with Crippen LogP contribution in [0.25, 0.3) is 0 Å². The number of urea groups is 1. The van der Waals surface area contributed by atoms with E-state index in [1.165, 1.54) is 7.11 Å². The fourth-order valence-electron chi connectivity index (χ4n) is 1.12. The van der Waals surface area contributed by atoms with Gasteiger partial charge in [-0.15, -0.1) is 0 Å². The van der Waals surface area contributed by atoms with Gasteiger partial charge < -0.3 is 25.8 Å². The summed E-state index contributed by atoms with van der Waals surface area (Å²) >= 11 is 0. The average molecular weight is 261 g/mol. The van der Waals surface area contributed by atoms with Crippen LogP contribution in [0.5, 0.6) is 0 Å². The Hall–Kier alpha value is -1.83. The summed E-state index contributed by atoms with van der Waals surface area (Å²) in [5.74, 6) is -1.49. The van der Waals surface area contributed by atoms with E-state index in [2.05, 4.69) is 16.0 Å². The highest BCUT2D eigenvalue weighted by molar-refractivity contribution is 5.86. The zero-order valence-electron chi connectivity index (χ0n) is 10.5. The summed E-state index contributed by atoms with van der Waals surface area (Å²) in [5.41, 5.74) is 0. The lowest BCUT2D eigenvalue weighted by Crippen LogP contribution is -2.48. The third kappa shape index (κ3) is 7.44. The third-order valence-corrected chi connectivity index (χ3v) is 2.00. The van der Waals surface area contributed by atoms with Crippen LogP contribution < -0.4 is 16.0 Å². The molecule has 1 atom stereocenters. The molecule has 0 radical (unpaired) electrons. The first kappa shape index (κ1) is 16.2. The maximum absolute atomic E-state index is 11.3. The monoisotopic (exact) mass is 261 g/mol. The number of carboxylic acid groups (broad SMARTS) is 1. The summed E-state index contributed by atoms with van der Waals surface area (Å²) in [6, 6.07) is -1.75. The molecule has 0 saturated heterocycles. The highest BCUT2D eigenvalue weighted by Gasteiger charge is 2.19. The Bertz CT molecular complexity index is 295. The smallest absolute Gasteiger partial charge is 0.326 e. The van der Waals surface area contributed by atoms with Crippen molar-refractivity contribution in [1.82, 2.24) is 16.0 Å². The maximum Gasteiger partial charge on any atom is 0.326 e. The molecule has 0 rings (SSSR count). The number of amides is 3. The Morgan fingerprint density at radius 2 is 1.94 bits per heavy atom. The van der Waals surface area contributed by atoms with Crippen molar-refractivity contribution in [3.8, 4) is 0 Å². The van der Waals surface area contributed by atoms with E-state index in [4.69, 9.17) is 9.84 Å². The highest BCUT2D eigenvalue weighted by Crippen LogP contribution is 1.92. The summed E-state index contributed by atoms with van der Waals surface area (Å²) in [4.78, 5) is 33.2. The van der Waals surface area contributed by atoms with Crippen molar-refractivity contribution in [1.29, 1.82) is 0 Å². The normalized spacial score (nSPS) is 11.4. The van der Waals surface area contributed by atoms with Gasteiger partial charge in [-0.25, -0.2) is 9.59 Å². The molecule has 0 aromatic heterocycles. The van der Waals surface area contributed by atoms with Crippen LogP contribution in [0.1, 0.15) is 13.3 Å². The SMILES string of the molecule is CCNC(=O)CNC(=O)NC(CCOC)C(=O)O. The average Bonchev–Trinajstić information content (AvgIpc) is 2.32. The van der Waals surface area contributed by atoms with Crippen LogP contribution in [-0.4, -0.2) is 55.9 Å². The number of hydrogen-bond acceptors (Lipinski definition) is 4. The van der Waals surface area contributed by atoms with Gasteiger partial charge in [-0.2, -0.15) is 0 Å². The lowest BCUT2D eigenvalue weighted by atomic mass is 10.2. The molecular formula is C10H19N3O5. The van der Waals surface area contributed by atoms with Crippen molar-refractivity contribution in [2.24, 2.45) is 0 Å². The van der Waals surface area contributed by atoms with Crippen molar-refractivity contribution < 1.29 is 24.2 Å². The van der Waals surface area contributed by atoms with Crippen LogP contribution in [0.3, 0.4) is 0 Å². The number of ether oxygens (including phenoxy) is 1. The number of methoxy groups -OCH3 is 1. The van der Waals surface area contributed by atoms with Gasteiger partial charge in [0.1, 0.15) is 6.04 Å². The van der Waals surface area contributed by atoms with E-state index in [0.29, 0.717) is 6.54 Å². The standard InChI is InChI=1S/C10H19N3O5/c1-3-11-8(14)6-12-10(17)13-7(9(15)16)4-5-18-2/h7H,3-6H2,1-2H3,(H,11,14)(H,15,16)(H2,12,13,17). The minimum Gasteiger partial charge on any atom is -0.480 e. The fraction of sp³-hybridized carbons (Fsp3) is 0.700. The van der Waals surface area contributed by atoms with E-state index in [0.717, 1.165) is 0 Å². The van der Waals surface area contributed by atoms with Gasteiger partial charge in [-0.05, 0) is 6.92 Å². The minimum absolute atomic E-state index is 0.153. The summed E-state index contributed by atoms with van der Waals surface area (Å²) in [6.45, 7) is 2.24.